The van der Waals surface area contributed by atoms with E-state index in [0.717, 1.165) is 27.8 Å². The molecule has 0 radical (unpaired) electrons. The van der Waals surface area contributed by atoms with Crippen LogP contribution in [-0.2, 0) is 26.6 Å². The molecule has 7 heteroatoms. The summed E-state index contributed by atoms with van der Waals surface area (Å²) in [4.78, 5) is -0.129. The lowest BCUT2D eigenvalue weighted by molar-refractivity contribution is 0.493. The molecular weight excluding hydrogens is 430 g/mol. The second kappa shape index (κ2) is 8.57. The van der Waals surface area contributed by atoms with Crippen LogP contribution >= 0.6 is 0 Å². The van der Waals surface area contributed by atoms with Crippen LogP contribution in [0, 0.1) is 34.6 Å². The molecule has 0 atom stereocenters. The van der Waals surface area contributed by atoms with Crippen LogP contribution in [0.25, 0.3) is 0 Å². The van der Waals surface area contributed by atoms with Crippen molar-refractivity contribution in [3.63, 3.8) is 0 Å². The zero-order valence-corrected chi connectivity index (χ0v) is 20.0. The SMILES string of the molecule is Cc1c(C)c(C)c(CN(S(=O)(=O)c2ccccc2)S(=O)(=O)c2ccccc2)c(C)c1C. The molecular formula is C24H27NO4S2. The molecule has 0 aliphatic rings. The van der Waals surface area contributed by atoms with Gasteiger partial charge < -0.3 is 0 Å². The number of nitrogens with zero attached hydrogens (tertiary/aromatic N) is 1. The molecule has 0 bridgehead atoms. The molecule has 0 saturated carbocycles. The summed E-state index contributed by atoms with van der Waals surface area (Å²) in [5, 5.41) is 0. The van der Waals surface area contributed by atoms with Crippen molar-refractivity contribution in [1.29, 1.82) is 0 Å². The predicted octanol–water partition coefficient (Wildman–Crippen LogP) is 4.81. The highest BCUT2D eigenvalue weighted by molar-refractivity contribution is 8.04. The Bertz CT molecular complexity index is 1220. The van der Waals surface area contributed by atoms with Crippen LogP contribution < -0.4 is 0 Å². The van der Waals surface area contributed by atoms with E-state index < -0.39 is 20.0 Å². The summed E-state index contributed by atoms with van der Waals surface area (Å²) >= 11 is 0. The van der Waals surface area contributed by atoms with Crippen LogP contribution in [0.4, 0.5) is 0 Å². The number of rotatable bonds is 6. The van der Waals surface area contributed by atoms with E-state index >= 15 is 0 Å². The van der Waals surface area contributed by atoms with E-state index in [9.17, 15) is 16.8 Å². The lowest BCUT2D eigenvalue weighted by Gasteiger charge is -2.26. The minimum absolute atomic E-state index is 0.0645. The summed E-state index contributed by atoms with van der Waals surface area (Å²) < 4.78 is 54.9. The van der Waals surface area contributed by atoms with Crippen molar-refractivity contribution < 1.29 is 16.8 Å². The summed E-state index contributed by atoms with van der Waals surface area (Å²) in [6.45, 7) is 9.52. The van der Waals surface area contributed by atoms with E-state index in [1.54, 1.807) is 36.4 Å². The van der Waals surface area contributed by atoms with E-state index in [0.29, 0.717) is 9.27 Å². The van der Waals surface area contributed by atoms with Crippen LogP contribution in [0.15, 0.2) is 70.5 Å². The lowest BCUT2D eigenvalue weighted by atomic mass is 9.90. The highest BCUT2D eigenvalue weighted by atomic mass is 32.3. The Kier molecular flexibility index (Phi) is 6.41. The topological polar surface area (TPSA) is 71.5 Å². The summed E-state index contributed by atoms with van der Waals surface area (Å²) in [5.41, 5.74) is 5.70. The van der Waals surface area contributed by atoms with Gasteiger partial charge in [0.2, 0.25) is 0 Å². The van der Waals surface area contributed by atoms with Gasteiger partial charge in [-0.05, 0) is 92.3 Å². The van der Waals surface area contributed by atoms with Gasteiger partial charge >= 0.3 is 0 Å². The Morgan fingerprint density at radius 3 is 1.23 bits per heavy atom. The zero-order chi connectivity index (χ0) is 23.0. The first kappa shape index (κ1) is 23.2. The molecule has 0 aliphatic carbocycles. The van der Waals surface area contributed by atoms with E-state index in [1.165, 1.54) is 24.3 Å². The van der Waals surface area contributed by atoms with Crippen LogP contribution in [0.1, 0.15) is 33.4 Å². The van der Waals surface area contributed by atoms with Crippen molar-refractivity contribution in [2.45, 2.75) is 51.0 Å². The van der Waals surface area contributed by atoms with Gasteiger partial charge in [0, 0.05) is 0 Å². The summed E-state index contributed by atoms with van der Waals surface area (Å²) in [7, 11) is -8.66. The maximum absolute atomic E-state index is 13.6. The minimum atomic E-state index is -4.33. The van der Waals surface area contributed by atoms with Crippen molar-refractivity contribution >= 4 is 20.0 Å². The van der Waals surface area contributed by atoms with Crippen LogP contribution in [0.5, 0.6) is 0 Å². The van der Waals surface area contributed by atoms with Crippen LogP contribution in [-0.4, -0.2) is 20.5 Å². The molecule has 3 aromatic rings. The largest absolute Gasteiger partial charge is 0.256 e. The molecule has 0 amide bonds. The smallest absolute Gasteiger partial charge is 0.206 e. The first-order chi connectivity index (χ1) is 14.5. The monoisotopic (exact) mass is 457 g/mol. The van der Waals surface area contributed by atoms with Gasteiger partial charge in [0.1, 0.15) is 0 Å². The summed E-state index contributed by atoms with van der Waals surface area (Å²) in [6.07, 6.45) is 0. The van der Waals surface area contributed by atoms with E-state index in [2.05, 4.69) is 0 Å². The predicted molar refractivity (Wildman–Crippen MR) is 123 cm³/mol. The molecule has 3 rings (SSSR count). The molecule has 0 N–H and O–H groups in total. The normalized spacial score (nSPS) is 12.3. The van der Waals surface area contributed by atoms with Gasteiger partial charge in [0.15, 0.2) is 0 Å². The molecule has 164 valence electrons. The molecule has 0 aromatic heterocycles. The molecule has 0 saturated heterocycles. The fourth-order valence-corrected chi connectivity index (χ4v) is 7.28. The third-order valence-corrected chi connectivity index (χ3v) is 10.3. The highest BCUT2D eigenvalue weighted by Gasteiger charge is 2.37. The quantitative estimate of drug-likeness (QED) is 0.533. The number of hydrogen-bond donors (Lipinski definition) is 0. The summed E-state index contributed by atoms with van der Waals surface area (Å²) in [5.74, 6) is 0. The number of benzene rings is 3. The minimum Gasteiger partial charge on any atom is -0.206 e. The molecule has 0 heterocycles. The second-order valence-corrected chi connectivity index (χ2v) is 11.6. The Morgan fingerprint density at radius 2 is 0.871 bits per heavy atom. The van der Waals surface area contributed by atoms with E-state index in [4.69, 9.17) is 0 Å². The molecule has 31 heavy (non-hydrogen) atoms. The van der Waals surface area contributed by atoms with Gasteiger partial charge in [0.25, 0.3) is 20.0 Å². The first-order valence-corrected chi connectivity index (χ1v) is 12.8. The van der Waals surface area contributed by atoms with Crippen molar-refractivity contribution in [3.8, 4) is 0 Å². The Labute approximate surface area is 185 Å². The molecule has 5 nitrogen and oxygen atoms in total. The van der Waals surface area contributed by atoms with Crippen molar-refractivity contribution in [2.75, 3.05) is 0 Å². The fourth-order valence-electron chi connectivity index (χ4n) is 3.66. The second-order valence-electron chi connectivity index (χ2n) is 7.67. The van der Waals surface area contributed by atoms with Crippen molar-refractivity contribution in [2.24, 2.45) is 0 Å². The zero-order valence-electron chi connectivity index (χ0n) is 18.4. The number of hydrogen-bond acceptors (Lipinski definition) is 4. The maximum Gasteiger partial charge on any atom is 0.256 e. The number of sulfonamides is 2. The summed E-state index contributed by atoms with van der Waals surface area (Å²) in [6, 6.07) is 15.3. The van der Waals surface area contributed by atoms with E-state index in [-0.39, 0.29) is 16.3 Å². The van der Waals surface area contributed by atoms with Crippen molar-refractivity contribution in [1.82, 2.24) is 3.71 Å². The maximum atomic E-state index is 13.6. The van der Waals surface area contributed by atoms with Crippen molar-refractivity contribution in [3.05, 3.63) is 94.0 Å². The third kappa shape index (κ3) is 4.18. The fraction of sp³-hybridized carbons (Fsp3) is 0.250. The van der Waals surface area contributed by atoms with Gasteiger partial charge in [-0.25, -0.2) is 16.8 Å². The van der Waals surface area contributed by atoms with Gasteiger partial charge in [-0.15, -0.1) is 0 Å². The standard InChI is InChI=1S/C24H27NO4S2/c1-17-18(2)20(4)24(21(5)19(17)3)16-25(30(26,27)22-12-8-6-9-13-22)31(28,29)23-14-10-7-11-15-23/h6-15H,16H2,1-5H3. The molecule has 3 aromatic carbocycles. The lowest BCUT2D eigenvalue weighted by Crippen LogP contribution is -2.37. The Hall–Kier alpha value is -2.48. The average molecular weight is 458 g/mol. The van der Waals surface area contributed by atoms with Gasteiger partial charge in [-0.3, -0.25) is 0 Å². The van der Waals surface area contributed by atoms with E-state index in [1.807, 2.05) is 34.6 Å². The third-order valence-electron chi connectivity index (χ3n) is 6.06. The molecule has 0 aliphatic heterocycles. The molecule has 0 spiro atoms. The van der Waals surface area contributed by atoms with Crippen LogP contribution in [0.3, 0.4) is 0 Å². The Balaban J connectivity index is 2.27. The molecule has 0 unspecified atom stereocenters. The van der Waals surface area contributed by atoms with Gasteiger partial charge in [-0.2, -0.15) is 0 Å². The molecule has 0 fully saturated rings. The first-order valence-electron chi connectivity index (χ1n) is 9.93. The van der Waals surface area contributed by atoms with Gasteiger partial charge in [0.05, 0.1) is 16.3 Å². The van der Waals surface area contributed by atoms with Gasteiger partial charge in [-0.1, -0.05) is 40.1 Å². The van der Waals surface area contributed by atoms with Crippen LogP contribution in [0.2, 0.25) is 0 Å². The highest BCUT2D eigenvalue weighted by Crippen LogP contribution is 2.32. The average Bonchev–Trinajstić information content (AvgIpc) is 2.77. The Morgan fingerprint density at radius 1 is 0.548 bits per heavy atom.